The van der Waals surface area contributed by atoms with Crippen molar-refractivity contribution >= 4 is 27.9 Å². The van der Waals surface area contributed by atoms with Crippen LogP contribution in [-0.2, 0) is 19.4 Å². The van der Waals surface area contributed by atoms with Gasteiger partial charge in [-0.05, 0) is 150 Å². The summed E-state index contributed by atoms with van der Waals surface area (Å²) in [5, 5.41) is 10.2. The quantitative estimate of drug-likeness (QED) is 0.0627. The van der Waals surface area contributed by atoms with Crippen molar-refractivity contribution in [2.75, 3.05) is 77.4 Å². The molecule has 2 N–H and O–H groups in total. The number of halogens is 3. The zero-order valence-corrected chi connectivity index (χ0v) is 54.3. The van der Waals surface area contributed by atoms with Gasteiger partial charge in [0.2, 0.25) is 0 Å². The number of aromatic nitrogens is 3. The molecular weight excluding hydrogens is 1080 g/mol. The zero-order chi connectivity index (χ0) is 60.7. The maximum Gasteiger partial charge on any atom is 0.406 e. The number of fused-ring (bicyclic) bond motifs is 2. The number of hydrogen-bond acceptors (Lipinski definition) is 11. The highest BCUT2D eigenvalue weighted by Crippen LogP contribution is 2.45. The van der Waals surface area contributed by atoms with E-state index in [2.05, 4.69) is 119 Å². The topological polar surface area (TPSA) is 74.2 Å². The van der Waals surface area contributed by atoms with Crippen LogP contribution < -0.4 is 15.6 Å². The van der Waals surface area contributed by atoms with Crippen molar-refractivity contribution in [3.8, 4) is 34.9 Å². The first-order valence-electron chi connectivity index (χ1n) is 32.9. The number of likely N-dealkylation sites (tertiary alicyclic amines) is 1. The molecule has 7 heterocycles. The fourth-order valence-electron chi connectivity index (χ4n) is 14.9. The maximum absolute atomic E-state index is 15.2. The smallest absolute Gasteiger partial charge is 0.379 e. The Morgan fingerprint density at radius 1 is 0.918 bits per heavy atom. The van der Waals surface area contributed by atoms with Gasteiger partial charge in [-0.15, -0.1) is 23.7 Å². The summed E-state index contributed by atoms with van der Waals surface area (Å²) in [4.78, 5) is 23.2. The van der Waals surface area contributed by atoms with Crippen LogP contribution in [0.15, 0.2) is 72.8 Å². The van der Waals surface area contributed by atoms with E-state index in [1.807, 2.05) is 32.2 Å². The van der Waals surface area contributed by atoms with Gasteiger partial charge < -0.3 is 29.6 Å². The molecule has 6 aliphatic rings. The van der Waals surface area contributed by atoms with E-state index < -0.39 is 12.7 Å². The number of terminal acetylenes is 1. The Labute approximate surface area is 513 Å². The maximum atomic E-state index is 15.2. The molecule has 2 aliphatic carbocycles. The highest BCUT2D eigenvalue weighted by molar-refractivity contribution is 7.10. The monoisotopic (exact) mass is 1190 g/mol. The zero-order valence-electron chi connectivity index (χ0n) is 53.4. The molecule has 6 fully saturated rings. The normalized spacial score (nSPS) is 21.1. The predicted molar refractivity (Wildman–Crippen MR) is 349 cm³/mol. The molecule has 4 aromatic rings. The third-order valence-electron chi connectivity index (χ3n) is 19.9. The van der Waals surface area contributed by atoms with Gasteiger partial charge in [0.25, 0.3) is 0 Å². The highest BCUT2D eigenvalue weighted by atomic mass is 32.1. The van der Waals surface area contributed by atoms with Crippen molar-refractivity contribution in [2.24, 2.45) is 23.2 Å². The summed E-state index contributed by atoms with van der Waals surface area (Å²) in [7, 11) is 2.23. The molecule has 0 spiro atoms. The van der Waals surface area contributed by atoms with Crippen molar-refractivity contribution in [1.82, 2.24) is 49.9 Å². The van der Waals surface area contributed by atoms with E-state index in [0.29, 0.717) is 54.4 Å². The molecule has 5 atom stereocenters. The van der Waals surface area contributed by atoms with Crippen LogP contribution in [0.1, 0.15) is 167 Å². The van der Waals surface area contributed by atoms with E-state index in [0.717, 1.165) is 165 Å². The number of pyridine rings is 1. The van der Waals surface area contributed by atoms with Gasteiger partial charge in [-0.1, -0.05) is 86.6 Å². The van der Waals surface area contributed by atoms with Gasteiger partial charge >= 0.3 is 6.18 Å². The number of nitrogens with one attached hydrogen (secondary N) is 2. The number of piperidine rings is 1. The predicted octanol–water partition coefficient (Wildman–Crippen LogP) is 14.7. The Morgan fingerprint density at radius 2 is 1.67 bits per heavy atom. The Hall–Kier alpha value is -5.01. The van der Waals surface area contributed by atoms with Crippen molar-refractivity contribution in [3.63, 3.8) is 0 Å². The summed E-state index contributed by atoms with van der Waals surface area (Å²) in [6.45, 7) is 40.1. The first-order chi connectivity index (χ1) is 40.8. The Bertz CT molecular complexity index is 2930. The van der Waals surface area contributed by atoms with Gasteiger partial charge in [0.15, 0.2) is 0 Å². The lowest BCUT2D eigenvalue weighted by atomic mass is 9.80. The molecular formula is C70H104F3N11S. The second-order valence-electron chi connectivity index (χ2n) is 26.8. The fourth-order valence-corrected chi connectivity index (χ4v) is 15.7. The van der Waals surface area contributed by atoms with Crippen LogP contribution >= 0.6 is 11.3 Å². The number of hydrazine groups is 1. The van der Waals surface area contributed by atoms with E-state index in [1.54, 1.807) is 15.9 Å². The number of thiazole rings is 1. The molecule has 85 heavy (non-hydrogen) atoms. The van der Waals surface area contributed by atoms with Gasteiger partial charge in [-0.25, -0.2) is 10.4 Å². The van der Waals surface area contributed by atoms with Crippen LogP contribution in [0.5, 0.6) is 0 Å². The van der Waals surface area contributed by atoms with E-state index in [4.69, 9.17) is 29.5 Å². The Kier molecular flexibility index (Phi) is 21.6. The third kappa shape index (κ3) is 15.5. The molecule has 2 saturated carbocycles. The molecule has 4 saturated heterocycles. The summed E-state index contributed by atoms with van der Waals surface area (Å²) in [5.74, 6) is 5.83. The fraction of sp³-hybridized carbons (Fsp3) is 0.657. The van der Waals surface area contributed by atoms with Crippen LogP contribution in [0.25, 0.3) is 33.4 Å². The number of piperazine rings is 1. The Balaban J connectivity index is 0.00000428. The lowest BCUT2D eigenvalue weighted by Gasteiger charge is -2.45. The SMILES string of the molecule is C#CCCC(C)(C)Cc1c(-c2cc(N3CCN4CCCCC4C3)cnc2C(C)C)n(CC(F)(F)F)c2ccc(-c3csc(CC(NC(=C)C(C4CCCC4)N4CCC(CN(CC)C(=C)N(C)C(C)C5CC5)C4)C(=C)N4CCCCN4)n3)cc12.CC. The molecule has 11 nitrogen and oxygen atoms in total. The molecule has 3 aromatic heterocycles. The second-order valence-corrected chi connectivity index (χ2v) is 27.8. The number of benzene rings is 1. The van der Waals surface area contributed by atoms with Gasteiger partial charge in [-0.3, -0.25) is 14.8 Å². The summed E-state index contributed by atoms with van der Waals surface area (Å²) in [6, 6.07) is 9.17. The number of anilines is 1. The molecule has 10 rings (SSSR count). The van der Waals surface area contributed by atoms with Crippen molar-refractivity contribution in [2.45, 2.75) is 201 Å². The minimum Gasteiger partial charge on any atom is -0.379 e. The number of hydrogen-bond donors (Lipinski definition) is 2. The van der Waals surface area contributed by atoms with Gasteiger partial charge in [0.1, 0.15) is 6.54 Å². The van der Waals surface area contributed by atoms with E-state index in [1.165, 1.54) is 51.4 Å². The van der Waals surface area contributed by atoms with Crippen LogP contribution in [-0.4, -0.2) is 142 Å². The lowest BCUT2D eigenvalue weighted by molar-refractivity contribution is -0.139. The highest BCUT2D eigenvalue weighted by Gasteiger charge is 2.40. The van der Waals surface area contributed by atoms with Crippen LogP contribution in [0.4, 0.5) is 18.9 Å². The van der Waals surface area contributed by atoms with Crippen molar-refractivity contribution in [3.05, 3.63) is 89.1 Å². The van der Waals surface area contributed by atoms with Crippen LogP contribution in [0.2, 0.25) is 0 Å². The molecule has 0 amide bonds. The molecule has 0 bridgehead atoms. The van der Waals surface area contributed by atoms with E-state index in [-0.39, 0.29) is 23.4 Å². The average Bonchev–Trinajstić information content (AvgIpc) is 1.72. The van der Waals surface area contributed by atoms with Gasteiger partial charge in [0, 0.05) is 123 Å². The summed E-state index contributed by atoms with van der Waals surface area (Å²) in [5.41, 5.74) is 11.7. The molecule has 4 aliphatic heterocycles. The minimum atomic E-state index is -4.48. The summed E-state index contributed by atoms with van der Waals surface area (Å²) in [6.07, 6.45) is 20.4. The molecule has 466 valence electrons. The van der Waals surface area contributed by atoms with Crippen molar-refractivity contribution < 1.29 is 13.2 Å². The summed E-state index contributed by atoms with van der Waals surface area (Å²) >= 11 is 1.64. The molecule has 1 aromatic carbocycles. The van der Waals surface area contributed by atoms with Gasteiger partial charge in [-0.2, -0.15) is 13.2 Å². The van der Waals surface area contributed by atoms with Crippen molar-refractivity contribution in [1.29, 1.82) is 0 Å². The second kappa shape index (κ2) is 28.4. The molecule has 5 unspecified atom stereocenters. The van der Waals surface area contributed by atoms with Crippen LogP contribution in [0, 0.1) is 35.5 Å². The minimum absolute atomic E-state index is 0.0304. The van der Waals surface area contributed by atoms with E-state index in [9.17, 15) is 0 Å². The number of rotatable bonds is 25. The number of alkyl halides is 3. The molecule has 15 heteroatoms. The third-order valence-corrected chi connectivity index (χ3v) is 20.8. The average molecular weight is 1190 g/mol. The first kappa shape index (κ1) is 64.5. The standard InChI is InChI=1S/C68H98F3N11S.C2H6/c1-12-14-29-67(9,10)39-59-57-36-54(26-27-62(57)81(45-68(69,70)71)66(59)58-37-56(40-72-64(58)46(3)4)79-35-34-78-31-19-17-23-55(78)43-79)61-44-83-63(75-61)38-60(49(7)82-32-20-18-30-73-82)74-47(5)65(53-21-15-16-22-53)80-33-28-51(42-80)41-77(13-2)50(8)76(11)48(6)52-24-25-52;1-2/h1,26-27,36-37,40,44,46,48,51-53,55,60,65,73-74H,5,7-8,13-25,28-35,38-39,41-43,45H2,2-4,6,9-11H3;1-2H3. The van der Waals surface area contributed by atoms with E-state index >= 15 is 13.2 Å². The van der Waals surface area contributed by atoms with Crippen LogP contribution in [0.3, 0.4) is 0 Å². The largest absolute Gasteiger partial charge is 0.406 e. The number of nitrogens with zero attached hydrogens (tertiary/aromatic N) is 9. The van der Waals surface area contributed by atoms with Gasteiger partial charge in [0.05, 0.1) is 51.9 Å². The summed E-state index contributed by atoms with van der Waals surface area (Å²) < 4.78 is 47.2. The molecule has 0 radical (unpaired) electrons. The first-order valence-corrected chi connectivity index (χ1v) is 33.8. The Morgan fingerprint density at radius 3 is 2.36 bits per heavy atom. The lowest BCUT2D eigenvalue weighted by Crippen LogP contribution is -2.54.